The first-order valence-electron chi connectivity index (χ1n) is 5.58. The van der Waals surface area contributed by atoms with Crippen LogP contribution in [0.4, 0.5) is 13.2 Å². The lowest BCUT2D eigenvalue weighted by atomic mass is 10.0. The highest BCUT2D eigenvalue weighted by Gasteiger charge is 2.31. The monoisotopic (exact) mass is 287 g/mol. The summed E-state index contributed by atoms with van der Waals surface area (Å²) < 4.78 is 40.3. The number of thiophene rings is 1. The Hall–Kier alpha value is -1.53. The Morgan fingerprint density at radius 3 is 2.63 bits per heavy atom. The van der Waals surface area contributed by atoms with Gasteiger partial charge in [0.25, 0.3) is 0 Å². The Morgan fingerprint density at radius 1 is 1.21 bits per heavy atom. The minimum atomic E-state index is -4.68. The fourth-order valence-corrected chi connectivity index (χ4v) is 2.47. The number of ether oxygens (including phenoxy) is 1. The molecule has 6 heteroatoms. The van der Waals surface area contributed by atoms with Gasteiger partial charge in [0.05, 0.1) is 0 Å². The molecule has 2 nitrogen and oxygen atoms in total. The van der Waals surface area contributed by atoms with Gasteiger partial charge in [0, 0.05) is 17.3 Å². The summed E-state index contributed by atoms with van der Waals surface area (Å²) in [6.45, 7) is 0. The molecule has 1 atom stereocenters. The topological polar surface area (TPSA) is 35.2 Å². The van der Waals surface area contributed by atoms with Crippen molar-refractivity contribution in [3.8, 4) is 5.75 Å². The number of hydrogen-bond donors (Lipinski definition) is 1. The zero-order valence-corrected chi connectivity index (χ0v) is 10.7. The summed E-state index contributed by atoms with van der Waals surface area (Å²) in [5, 5.41) is 1.94. The highest BCUT2D eigenvalue weighted by Crippen LogP contribution is 2.26. The molecule has 0 spiro atoms. The van der Waals surface area contributed by atoms with Gasteiger partial charge in [-0.2, -0.15) is 0 Å². The number of rotatable bonds is 4. The Kier molecular flexibility index (Phi) is 4.11. The molecule has 0 radical (unpaired) electrons. The average molecular weight is 287 g/mol. The summed E-state index contributed by atoms with van der Waals surface area (Å²) in [6, 6.07) is 9.29. The van der Waals surface area contributed by atoms with Crippen LogP contribution in [0.2, 0.25) is 0 Å². The maximum Gasteiger partial charge on any atom is 0.573 e. The molecule has 0 aliphatic heterocycles. The first kappa shape index (κ1) is 13.9. The molecule has 1 aromatic heterocycles. The van der Waals surface area contributed by atoms with Gasteiger partial charge in [-0.25, -0.2) is 0 Å². The first-order valence-corrected chi connectivity index (χ1v) is 6.46. The molecular weight excluding hydrogens is 275 g/mol. The van der Waals surface area contributed by atoms with Gasteiger partial charge in [0.1, 0.15) is 5.75 Å². The van der Waals surface area contributed by atoms with E-state index in [-0.39, 0.29) is 11.8 Å². The summed E-state index contributed by atoms with van der Waals surface area (Å²) in [7, 11) is 0. The number of nitrogens with two attached hydrogens (primary N) is 1. The minimum absolute atomic E-state index is 0.244. The standard InChI is InChI=1S/C13H12F3NOS/c14-13(15,16)18-10-4-1-3-9(7-10)12(17)8-11-5-2-6-19-11/h1-7,12H,8,17H2. The number of alkyl halides is 3. The lowest BCUT2D eigenvalue weighted by Crippen LogP contribution is -2.18. The average Bonchev–Trinajstić information content (AvgIpc) is 2.80. The van der Waals surface area contributed by atoms with Gasteiger partial charge in [0.2, 0.25) is 0 Å². The Morgan fingerprint density at radius 2 is 2.00 bits per heavy atom. The van der Waals surface area contributed by atoms with E-state index >= 15 is 0 Å². The van der Waals surface area contributed by atoms with E-state index < -0.39 is 6.36 Å². The van der Waals surface area contributed by atoms with Crippen molar-refractivity contribution >= 4 is 11.3 Å². The molecule has 0 fully saturated rings. The molecule has 102 valence electrons. The summed E-state index contributed by atoms with van der Waals surface area (Å²) in [5.74, 6) is -0.244. The van der Waals surface area contributed by atoms with Crippen molar-refractivity contribution in [3.63, 3.8) is 0 Å². The summed E-state index contributed by atoms with van der Waals surface area (Å²) in [6.07, 6.45) is -4.09. The highest BCUT2D eigenvalue weighted by atomic mass is 32.1. The van der Waals surface area contributed by atoms with Crippen LogP contribution in [-0.2, 0) is 6.42 Å². The first-order chi connectivity index (χ1) is 8.94. The van der Waals surface area contributed by atoms with Gasteiger partial charge >= 0.3 is 6.36 Å². The molecule has 2 aromatic rings. The van der Waals surface area contributed by atoms with E-state index in [0.717, 1.165) is 4.88 Å². The van der Waals surface area contributed by atoms with Gasteiger partial charge in [-0.05, 0) is 29.1 Å². The number of hydrogen-bond acceptors (Lipinski definition) is 3. The highest BCUT2D eigenvalue weighted by molar-refractivity contribution is 7.09. The SMILES string of the molecule is NC(Cc1cccs1)c1cccc(OC(F)(F)F)c1. The van der Waals surface area contributed by atoms with Crippen molar-refractivity contribution in [1.29, 1.82) is 0 Å². The van der Waals surface area contributed by atoms with Crippen LogP contribution in [0.3, 0.4) is 0 Å². The summed E-state index contributed by atoms with van der Waals surface area (Å²) in [5.41, 5.74) is 6.61. The van der Waals surface area contributed by atoms with Crippen LogP contribution >= 0.6 is 11.3 Å². The van der Waals surface area contributed by atoms with Crippen LogP contribution in [0, 0.1) is 0 Å². The third-order valence-corrected chi connectivity index (χ3v) is 3.42. The molecule has 0 amide bonds. The normalized spacial score (nSPS) is 13.3. The third-order valence-electron chi connectivity index (χ3n) is 2.52. The Bertz CT molecular complexity index is 525. The number of benzene rings is 1. The second-order valence-corrected chi connectivity index (χ2v) is 5.04. The van der Waals surface area contributed by atoms with E-state index in [1.54, 1.807) is 17.4 Å². The van der Waals surface area contributed by atoms with Crippen molar-refractivity contribution in [3.05, 3.63) is 52.2 Å². The van der Waals surface area contributed by atoms with Crippen molar-refractivity contribution in [2.45, 2.75) is 18.8 Å². The maximum absolute atomic E-state index is 12.1. The van der Waals surface area contributed by atoms with Gasteiger partial charge < -0.3 is 10.5 Å². The van der Waals surface area contributed by atoms with Gasteiger partial charge in [-0.3, -0.25) is 0 Å². The minimum Gasteiger partial charge on any atom is -0.406 e. The second kappa shape index (κ2) is 5.63. The molecule has 1 unspecified atom stereocenters. The smallest absolute Gasteiger partial charge is 0.406 e. The lowest BCUT2D eigenvalue weighted by Gasteiger charge is -2.14. The van der Waals surface area contributed by atoms with Crippen LogP contribution in [0.5, 0.6) is 5.75 Å². The van der Waals surface area contributed by atoms with E-state index in [1.807, 2.05) is 17.5 Å². The van der Waals surface area contributed by atoms with E-state index in [9.17, 15) is 13.2 Å². The Balaban J connectivity index is 2.09. The molecular formula is C13H12F3NOS. The van der Waals surface area contributed by atoms with Crippen LogP contribution in [0.25, 0.3) is 0 Å². The molecule has 1 aromatic carbocycles. The second-order valence-electron chi connectivity index (χ2n) is 4.01. The Labute approximate surface area is 112 Å². The van der Waals surface area contributed by atoms with Gasteiger partial charge in [-0.15, -0.1) is 24.5 Å². The molecule has 0 aliphatic rings. The fourth-order valence-electron chi connectivity index (χ4n) is 1.71. The lowest BCUT2D eigenvalue weighted by molar-refractivity contribution is -0.274. The van der Waals surface area contributed by atoms with E-state index in [2.05, 4.69) is 4.74 Å². The van der Waals surface area contributed by atoms with E-state index in [4.69, 9.17) is 5.73 Å². The van der Waals surface area contributed by atoms with Crippen LogP contribution in [-0.4, -0.2) is 6.36 Å². The third kappa shape index (κ3) is 4.25. The quantitative estimate of drug-likeness (QED) is 0.926. The molecule has 2 rings (SSSR count). The fraction of sp³-hybridized carbons (Fsp3) is 0.231. The summed E-state index contributed by atoms with van der Waals surface area (Å²) in [4.78, 5) is 1.09. The van der Waals surface area contributed by atoms with Crippen molar-refractivity contribution in [2.24, 2.45) is 5.73 Å². The van der Waals surface area contributed by atoms with Crippen molar-refractivity contribution in [2.75, 3.05) is 0 Å². The zero-order valence-electron chi connectivity index (χ0n) is 9.85. The van der Waals surface area contributed by atoms with Crippen molar-refractivity contribution < 1.29 is 17.9 Å². The maximum atomic E-state index is 12.1. The van der Waals surface area contributed by atoms with Crippen LogP contribution in [0.1, 0.15) is 16.5 Å². The molecule has 0 saturated carbocycles. The molecule has 19 heavy (non-hydrogen) atoms. The molecule has 2 N–H and O–H groups in total. The number of halogens is 3. The predicted molar refractivity (Wildman–Crippen MR) is 68.1 cm³/mol. The van der Waals surface area contributed by atoms with Crippen LogP contribution < -0.4 is 10.5 Å². The molecule has 0 bridgehead atoms. The van der Waals surface area contributed by atoms with E-state index in [1.165, 1.54) is 18.2 Å². The van der Waals surface area contributed by atoms with Gasteiger partial charge in [0.15, 0.2) is 0 Å². The van der Waals surface area contributed by atoms with Crippen molar-refractivity contribution in [1.82, 2.24) is 0 Å². The largest absolute Gasteiger partial charge is 0.573 e. The predicted octanol–water partition coefficient (Wildman–Crippen LogP) is 3.89. The van der Waals surface area contributed by atoms with Gasteiger partial charge in [-0.1, -0.05) is 18.2 Å². The van der Waals surface area contributed by atoms with Crippen LogP contribution in [0.15, 0.2) is 41.8 Å². The van der Waals surface area contributed by atoms with E-state index in [0.29, 0.717) is 12.0 Å². The molecule has 0 aliphatic carbocycles. The molecule has 1 heterocycles. The zero-order chi connectivity index (χ0) is 13.9. The molecule has 0 saturated heterocycles. The summed E-state index contributed by atoms with van der Waals surface area (Å²) >= 11 is 1.57.